The van der Waals surface area contributed by atoms with Crippen molar-refractivity contribution in [2.24, 2.45) is 0 Å². The van der Waals surface area contributed by atoms with Gasteiger partial charge >= 0.3 is 12.2 Å². The maximum atomic E-state index is 15.7. The van der Waals surface area contributed by atoms with E-state index in [0.29, 0.717) is 94.4 Å². The van der Waals surface area contributed by atoms with Crippen molar-refractivity contribution >= 4 is 68.8 Å². The Hall–Kier alpha value is -9.56. The lowest BCUT2D eigenvalue weighted by Crippen LogP contribution is -2.38. The van der Waals surface area contributed by atoms with E-state index in [4.69, 9.17) is 18.9 Å². The van der Waals surface area contributed by atoms with Crippen LogP contribution in [0.15, 0.2) is 109 Å². The maximum Gasteiger partial charge on any atom is 0.410 e. The second-order valence-electron chi connectivity index (χ2n) is 26.0. The normalized spacial score (nSPS) is 17.9. The number of anilines is 2. The molecule has 26 heteroatoms. The van der Waals surface area contributed by atoms with E-state index in [0.717, 1.165) is 50.2 Å². The number of hydrogen-bond donors (Lipinski definition) is 2. The van der Waals surface area contributed by atoms with Crippen LogP contribution in [0.1, 0.15) is 134 Å². The van der Waals surface area contributed by atoms with Gasteiger partial charge in [0.2, 0.25) is 0 Å². The van der Waals surface area contributed by atoms with Gasteiger partial charge in [-0.25, -0.2) is 38.3 Å². The van der Waals surface area contributed by atoms with Crippen LogP contribution in [0.25, 0.3) is 22.3 Å². The number of nitrogens with one attached hydrogen (secondary N) is 2. The number of likely N-dealkylation sites (tertiary alicyclic amines) is 2. The zero-order chi connectivity index (χ0) is 65.7. The number of nitrogens with zero attached hydrogens (tertiary/aromatic N) is 10. The van der Waals surface area contributed by atoms with Gasteiger partial charge in [0, 0.05) is 95.8 Å². The van der Waals surface area contributed by atoms with Crippen LogP contribution in [0.2, 0.25) is 0 Å². The van der Waals surface area contributed by atoms with E-state index in [1.165, 1.54) is 44.6 Å². The lowest BCUT2D eigenvalue weighted by Gasteiger charge is -2.26. The van der Waals surface area contributed by atoms with Crippen molar-refractivity contribution in [1.29, 1.82) is 0 Å². The number of halogens is 2. The molecule has 14 rings (SSSR count). The van der Waals surface area contributed by atoms with Crippen LogP contribution >= 0.6 is 22.7 Å². The van der Waals surface area contributed by atoms with Crippen molar-refractivity contribution in [2.45, 2.75) is 142 Å². The van der Waals surface area contributed by atoms with Crippen LogP contribution in [0.3, 0.4) is 0 Å². The molecule has 6 amide bonds. The Kier molecular flexibility index (Phi) is 17.3. The Labute approximate surface area is 548 Å². The molecule has 22 nitrogen and oxygen atoms in total. The third-order valence-corrected chi connectivity index (χ3v) is 18.5. The minimum Gasteiger partial charge on any atom is -0.489 e. The first kappa shape index (κ1) is 63.2. The topological polar surface area (TPSA) is 238 Å². The van der Waals surface area contributed by atoms with Gasteiger partial charge in [-0.05, 0) is 138 Å². The number of rotatable bonds is 14. The first-order valence-electron chi connectivity index (χ1n) is 31.3. The summed E-state index contributed by atoms with van der Waals surface area (Å²) in [5, 5.41) is 9.96. The van der Waals surface area contributed by atoms with E-state index in [2.05, 4.69) is 30.6 Å². The van der Waals surface area contributed by atoms with Crippen LogP contribution in [-0.2, 0) is 58.1 Å². The predicted octanol–water partition coefficient (Wildman–Crippen LogP) is 11.6. The molecule has 2 unspecified atom stereocenters. The number of aromatic nitrogens is 6. The van der Waals surface area contributed by atoms with Gasteiger partial charge in [-0.3, -0.25) is 29.8 Å². The molecule has 10 heterocycles. The molecule has 2 N–H and O–H groups in total. The van der Waals surface area contributed by atoms with Gasteiger partial charge in [0.25, 0.3) is 23.6 Å². The van der Waals surface area contributed by atoms with Crippen LogP contribution in [-0.4, -0.2) is 134 Å². The number of imidazole rings is 2. The second kappa shape index (κ2) is 25.7. The van der Waals surface area contributed by atoms with Gasteiger partial charge in [-0.15, -0.1) is 22.7 Å². The zero-order valence-corrected chi connectivity index (χ0v) is 54.4. The summed E-state index contributed by atoms with van der Waals surface area (Å²) in [6, 6.07) is 18.5. The SMILES string of the molecule is CC(C)(C)OC(=O)N1CC[C@H](Oc2ccc(-c3cc(F)c4c(c3)C(=O)N(C(C(=O)Nc3nccs3)c3ncn5c3CCC5)C4)cc2)C1.CC(C)(C)OC(=O)N1CC[C@H](Oc2ccc(-c3cc(F)c4c(c3)C(=O)N(C(C(=O)Nc3nccs3)c3ncn5c3CCC5)C4)cc2)C1. The summed E-state index contributed by atoms with van der Waals surface area (Å²) in [4.78, 5) is 104. The summed E-state index contributed by atoms with van der Waals surface area (Å²) in [5.41, 5.74) is 5.11. The van der Waals surface area contributed by atoms with Crippen molar-refractivity contribution in [3.8, 4) is 33.8 Å². The maximum absolute atomic E-state index is 15.7. The largest absolute Gasteiger partial charge is 0.489 e. The molecule has 0 saturated carbocycles. The Balaban J connectivity index is 0.000000171. The fourth-order valence-electron chi connectivity index (χ4n) is 12.8. The molecule has 0 aliphatic carbocycles. The number of benzene rings is 4. The predicted molar refractivity (Wildman–Crippen MR) is 345 cm³/mol. The molecular weight excluding hydrogens is 1250 g/mol. The number of thiazole rings is 2. The second-order valence-corrected chi connectivity index (χ2v) is 27.8. The molecule has 6 aliphatic heterocycles. The number of carbonyl (C=O) groups is 6. The molecule has 2 saturated heterocycles. The number of aryl methyl sites for hydroxylation is 2. The van der Waals surface area contributed by atoms with Crippen LogP contribution in [0, 0.1) is 11.6 Å². The monoisotopic (exact) mass is 1320 g/mol. The highest BCUT2D eigenvalue weighted by atomic mass is 32.1. The Morgan fingerprint density at radius 3 is 1.33 bits per heavy atom. The third kappa shape index (κ3) is 13.3. The first-order chi connectivity index (χ1) is 45.1. The average molecular weight is 1320 g/mol. The molecule has 0 bridgehead atoms. The minimum atomic E-state index is -1.05. The summed E-state index contributed by atoms with van der Waals surface area (Å²) >= 11 is 2.55. The summed E-state index contributed by atoms with van der Waals surface area (Å²) in [5.74, 6) is -1.55. The highest BCUT2D eigenvalue weighted by Crippen LogP contribution is 2.41. The molecule has 4 atom stereocenters. The number of fused-ring (bicyclic) bond motifs is 4. The third-order valence-electron chi connectivity index (χ3n) is 17.1. The molecule has 0 spiro atoms. The van der Waals surface area contributed by atoms with E-state index >= 15 is 8.78 Å². The van der Waals surface area contributed by atoms with E-state index in [1.807, 2.05) is 74.9 Å². The summed E-state index contributed by atoms with van der Waals surface area (Å²) in [6.45, 7) is 14.4. The molecule has 488 valence electrons. The Bertz CT molecular complexity index is 3940. The lowest BCUT2D eigenvalue weighted by molar-refractivity contribution is -0.121. The Morgan fingerprint density at radius 2 is 0.957 bits per heavy atom. The first-order valence-corrected chi connectivity index (χ1v) is 33.1. The molecular formula is C68H70F2N12O10S2. The van der Waals surface area contributed by atoms with Crippen molar-refractivity contribution < 1.29 is 56.5 Å². The minimum absolute atomic E-state index is 0.0585. The number of hydrogen-bond acceptors (Lipinski definition) is 16. The van der Waals surface area contributed by atoms with E-state index in [-0.39, 0.29) is 59.7 Å². The quantitative estimate of drug-likeness (QED) is 0.103. The van der Waals surface area contributed by atoms with Crippen LogP contribution < -0.4 is 20.1 Å². The van der Waals surface area contributed by atoms with Crippen LogP contribution in [0.4, 0.5) is 28.6 Å². The molecule has 94 heavy (non-hydrogen) atoms. The lowest BCUT2D eigenvalue weighted by atomic mass is 9.99. The van der Waals surface area contributed by atoms with Gasteiger partial charge in [0.05, 0.1) is 50.2 Å². The van der Waals surface area contributed by atoms with Gasteiger partial charge < -0.3 is 47.7 Å². The molecule has 4 aromatic heterocycles. The molecule has 4 aromatic carbocycles. The van der Waals surface area contributed by atoms with E-state index < -0.39 is 58.5 Å². The molecule has 2 fully saturated rings. The Morgan fingerprint density at radius 1 is 0.553 bits per heavy atom. The summed E-state index contributed by atoms with van der Waals surface area (Å²) in [7, 11) is 0. The van der Waals surface area contributed by atoms with Crippen molar-refractivity contribution in [1.82, 2.24) is 48.7 Å². The van der Waals surface area contributed by atoms with Gasteiger partial charge in [0.15, 0.2) is 22.3 Å². The summed E-state index contributed by atoms with van der Waals surface area (Å²) < 4.78 is 58.6. The standard InChI is InChI=1S/2C34H35FN6O5S/c2*1-34(2,3)46-33(44)39-13-10-23(17-39)45-22-8-6-20(7-9-22)21-15-24-25(26(35)16-21)18-41(31(24)43)29(30(42)38-32-36-11-14-47-32)28-27-5-4-12-40(27)19-37-28/h2*6-9,11,14-16,19,23,29H,4-5,10,12-13,17-18H2,1-3H3,(H,36,38,42)/t2*23-,29?/m00/s1. The molecule has 8 aromatic rings. The van der Waals surface area contributed by atoms with Crippen molar-refractivity contribution in [3.05, 3.63) is 165 Å². The van der Waals surface area contributed by atoms with Crippen molar-refractivity contribution in [2.75, 3.05) is 36.8 Å². The number of carbonyl (C=O) groups excluding carboxylic acids is 6. The fourth-order valence-corrected chi connectivity index (χ4v) is 13.9. The number of amides is 6. The highest BCUT2D eigenvalue weighted by molar-refractivity contribution is 7.14. The number of ether oxygens (including phenoxy) is 4. The molecule has 6 aliphatic rings. The van der Waals surface area contributed by atoms with E-state index in [1.54, 1.807) is 82.0 Å². The fraction of sp³-hybridized carbons (Fsp3) is 0.382. The average Bonchev–Trinajstić information content (AvgIpc) is 1.60. The van der Waals surface area contributed by atoms with E-state index in [9.17, 15) is 28.8 Å². The van der Waals surface area contributed by atoms with Crippen molar-refractivity contribution in [3.63, 3.8) is 0 Å². The van der Waals surface area contributed by atoms with Gasteiger partial charge in [-0.2, -0.15) is 0 Å². The molecule has 0 radical (unpaired) electrons. The van der Waals surface area contributed by atoms with Crippen LogP contribution in [0.5, 0.6) is 11.5 Å². The van der Waals surface area contributed by atoms with Gasteiger partial charge in [0.1, 0.15) is 46.5 Å². The summed E-state index contributed by atoms with van der Waals surface area (Å²) in [6.07, 6.45) is 10.2. The highest BCUT2D eigenvalue weighted by Gasteiger charge is 2.45. The zero-order valence-electron chi connectivity index (χ0n) is 52.7. The smallest absolute Gasteiger partial charge is 0.410 e. The van der Waals surface area contributed by atoms with Gasteiger partial charge in [-0.1, -0.05) is 24.3 Å².